The summed E-state index contributed by atoms with van der Waals surface area (Å²) >= 11 is 0. The van der Waals surface area contributed by atoms with Crippen LogP contribution in [0.5, 0.6) is 0 Å². The lowest BCUT2D eigenvalue weighted by Gasteiger charge is -2.29. The van der Waals surface area contributed by atoms with Gasteiger partial charge < -0.3 is 18.3 Å². The number of aromatic nitrogens is 2. The Bertz CT molecular complexity index is 2880. The van der Waals surface area contributed by atoms with Crippen LogP contribution in [0.2, 0.25) is 0 Å². The molecule has 302 valence electrons. The van der Waals surface area contributed by atoms with Crippen molar-refractivity contribution in [3.8, 4) is 11.1 Å². The van der Waals surface area contributed by atoms with E-state index in [1.54, 1.807) is 72.8 Å². The third kappa shape index (κ3) is 6.46. The maximum Gasteiger partial charge on any atom is 0.416 e. The van der Waals surface area contributed by atoms with Crippen LogP contribution in [-0.4, -0.2) is 9.13 Å². The molecule has 2 aromatic heterocycles. The largest absolute Gasteiger partial charge is 0.416 e. The fraction of sp³-hybridized carbons (Fsp3) is 0.0870. The van der Waals surface area contributed by atoms with Gasteiger partial charge in [-0.05, 0) is 36.4 Å². The summed E-state index contributed by atoms with van der Waals surface area (Å²) in [7, 11) is -6.64. The summed E-state index contributed by atoms with van der Waals surface area (Å²) in [5.41, 5.74) is -5.60. The van der Waals surface area contributed by atoms with Gasteiger partial charge in [0, 0.05) is 57.2 Å². The second-order valence-electron chi connectivity index (χ2n) is 14.2. The van der Waals surface area contributed by atoms with Gasteiger partial charge in [0.1, 0.15) is 0 Å². The maximum atomic E-state index is 16.6. The van der Waals surface area contributed by atoms with Crippen LogP contribution in [0.25, 0.3) is 32.9 Å². The first kappa shape index (κ1) is 40.6. The first-order chi connectivity index (χ1) is 28.5. The Morgan fingerprint density at radius 2 is 0.683 bits per heavy atom. The Kier molecular flexibility index (Phi) is 10.0. The highest BCUT2D eigenvalue weighted by Crippen LogP contribution is 2.51. The normalized spacial score (nSPS) is 12.6. The van der Waals surface area contributed by atoms with Gasteiger partial charge in [-0.25, -0.2) is 0 Å². The van der Waals surface area contributed by atoms with Crippen LogP contribution in [0.4, 0.5) is 26.3 Å². The molecule has 0 aliphatic rings. The summed E-state index contributed by atoms with van der Waals surface area (Å²) in [5.74, 6) is 0. The van der Waals surface area contributed by atoms with E-state index in [1.165, 1.54) is 62.6 Å². The first-order valence-corrected chi connectivity index (χ1v) is 21.8. The van der Waals surface area contributed by atoms with Gasteiger partial charge in [-0.15, -0.1) is 0 Å². The van der Waals surface area contributed by atoms with Crippen LogP contribution in [0, 0.1) is 0 Å². The number of aryl methyl sites for hydroxylation is 2. The van der Waals surface area contributed by atoms with Gasteiger partial charge in [0.25, 0.3) is 11.1 Å². The van der Waals surface area contributed by atoms with E-state index in [0.29, 0.717) is 0 Å². The van der Waals surface area contributed by atoms with Crippen molar-refractivity contribution >= 4 is 67.9 Å². The molecule has 0 spiro atoms. The van der Waals surface area contributed by atoms with E-state index in [2.05, 4.69) is 0 Å². The number of halogens is 6. The van der Waals surface area contributed by atoms with Crippen molar-refractivity contribution < 1.29 is 35.5 Å². The fourth-order valence-electron chi connectivity index (χ4n) is 7.87. The molecule has 8 rings (SSSR count). The molecule has 0 N–H and O–H groups in total. The average molecular weight is 853 g/mol. The predicted molar refractivity (Wildman–Crippen MR) is 226 cm³/mol. The van der Waals surface area contributed by atoms with Crippen molar-refractivity contribution in [3.05, 3.63) is 190 Å². The Morgan fingerprint density at radius 3 is 0.933 bits per heavy atom. The van der Waals surface area contributed by atoms with Crippen LogP contribution < -0.4 is 42.9 Å². The summed E-state index contributed by atoms with van der Waals surface area (Å²) in [6, 6.07) is 35.9. The van der Waals surface area contributed by atoms with Crippen molar-refractivity contribution in [2.24, 2.45) is 14.1 Å². The standard InChI is InChI=1S/C46H32F6N2O4P2/c1-53-37-25-23-29(45(47,48)49)27-35(37)39(41(43(53)55)59(57,31-15-7-3-8-16-31)32-17-9-4-10-18-32)40-36-28-30(46(50,51)52)24-26-38(36)54(2)44(56)42(40)60(58,33-19-11-5-12-20-33)34-21-13-6-14-22-34/h3-28H,1-2H3. The topological polar surface area (TPSA) is 78.1 Å². The highest BCUT2D eigenvalue weighted by molar-refractivity contribution is 7.86. The molecule has 6 aromatic carbocycles. The molecule has 0 saturated heterocycles. The van der Waals surface area contributed by atoms with Crippen molar-refractivity contribution in [1.82, 2.24) is 9.13 Å². The maximum absolute atomic E-state index is 16.6. The molecule has 14 heteroatoms. The smallest absolute Gasteiger partial charge is 0.311 e. The second-order valence-corrected chi connectivity index (χ2v) is 19.6. The molecule has 0 aliphatic heterocycles. The molecule has 8 aromatic rings. The monoisotopic (exact) mass is 852 g/mol. The average Bonchev–Trinajstić information content (AvgIpc) is 3.26. The molecule has 6 nitrogen and oxygen atoms in total. The SMILES string of the molecule is Cn1c(=O)c(P(=O)(c2ccccc2)c2ccccc2)c(-c2c(P(=O)(c3ccccc3)c3ccccc3)c(=O)n(C)c3ccc(C(F)(F)F)cc23)c2cc(C(F)(F)F)ccc21. The van der Waals surface area contributed by atoms with Gasteiger partial charge in [0.15, 0.2) is 14.3 Å². The van der Waals surface area contributed by atoms with E-state index in [-0.39, 0.29) is 43.0 Å². The molecule has 0 atom stereocenters. The van der Waals surface area contributed by atoms with Crippen LogP contribution in [0.15, 0.2) is 167 Å². The summed E-state index contributed by atoms with van der Waals surface area (Å²) < 4.78 is 124. The highest BCUT2D eigenvalue weighted by atomic mass is 31.2. The van der Waals surface area contributed by atoms with E-state index >= 15 is 18.7 Å². The highest BCUT2D eigenvalue weighted by Gasteiger charge is 2.43. The number of pyridine rings is 2. The number of nitrogens with zero attached hydrogens (tertiary/aromatic N) is 2. The first-order valence-electron chi connectivity index (χ1n) is 18.4. The van der Waals surface area contributed by atoms with Gasteiger partial charge >= 0.3 is 12.4 Å². The molecule has 0 saturated carbocycles. The Hall–Kier alpha value is -6.22. The number of hydrogen-bond donors (Lipinski definition) is 0. The van der Waals surface area contributed by atoms with Gasteiger partial charge in [0.2, 0.25) is 0 Å². The zero-order valence-corrected chi connectivity index (χ0v) is 33.5. The zero-order valence-electron chi connectivity index (χ0n) is 31.7. The summed E-state index contributed by atoms with van der Waals surface area (Å²) in [6.45, 7) is 0. The number of fused-ring (bicyclic) bond motifs is 2. The molecule has 0 radical (unpaired) electrons. The van der Waals surface area contributed by atoms with Crippen LogP contribution in [0.3, 0.4) is 0 Å². The summed E-state index contributed by atoms with van der Waals surface area (Å²) in [6.07, 6.45) is -9.96. The van der Waals surface area contributed by atoms with E-state index in [1.807, 2.05) is 0 Å². The van der Waals surface area contributed by atoms with Gasteiger partial charge in [-0.1, -0.05) is 121 Å². The number of benzene rings is 6. The lowest BCUT2D eigenvalue weighted by molar-refractivity contribution is -0.138. The summed E-state index contributed by atoms with van der Waals surface area (Å²) in [5, 5.41) is -1.63. The van der Waals surface area contributed by atoms with E-state index < -0.39 is 70.6 Å². The number of hydrogen-bond acceptors (Lipinski definition) is 4. The lowest BCUT2D eigenvalue weighted by Crippen LogP contribution is -2.44. The van der Waals surface area contributed by atoms with Crippen LogP contribution in [0.1, 0.15) is 11.1 Å². The molecule has 0 unspecified atom stereocenters. The van der Waals surface area contributed by atoms with Gasteiger partial charge in [-0.3, -0.25) is 9.59 Å². The van der Waals surface area contributed by atoms with E-state index in [4.69, 9.17) is 0 Å². The molecule has 0 bridgehead atoms. The lowest BCUT2D eigenvalue weighted by atomic mass is 9.95. The Morgan fingerprint density at radius 1 is 0.417 bits per heavy atom. The molecular formula is C46H32F6N2O4P2. The molecule has 0 amide bonds. The number of alkyl halides is 6. The Balaban J connectivity index is 1.76. The Labute approximate surface area is 338 Å². The minimum atomic E-state index is -4.98. The van der Waals surface area contributed by atoms with Gasteiger partial charge in [-0.2, -0.15) is 26.3 Å². The molecular weight excluding hydrogens is 820 g/mol. The van der Waals surface area contributed by atoms with Crippen molar-refractivity contribution in [1.29, 1.82) is 0 Å². The minimum absolute atomic E-state index is 0.0702. The third-order valence-corrected chi connectivity index (χ3v) is 16.9. The molecule has 0 fully saturated rings. The molecule has 0 aliphatic carbocycles. The zero-order chi connectivity index (χ0) is 42.8. The molecule has 60 heavy (non-hydrogen) atoms. The van der Waals surface area contributed by atoms with Gasteiger partial charge in [0.05, 0.1) is 32.8 Å². The second kappa shape index (κ2) is 14.8. The van der Waals surface area contributed by atoms with E-state index in [9.17, 15) is 26.3 Å². The van der Waals surface area contributed by atoms with Crippen molar-refractivity contribution in [2.75, 3.05) is 0 Å². The quantitative estimate of drug-likeness (QED) is 0.119. The van der Waals surface area contributed by atoms with E-state index in [0.717, 1.165) is 45.5 Å². The third-order valence-electron chi connectivity index (χ3n) is 10.8. The minimum Gasteiger partial charge on any atom is -0.311 e. The summed E-state index contributed by atoms with van der Waals surface area (Å²) in [4.78, 5) is 30.6. The molecule has 2 heterocycles. The van der Waals surface area contributed by atoms with Crippen LogP contribution >= 0.6 is 14.3 Å². The van der Waals surface area contributed by atoms with Crippen molar-refractivity contribution in [3.63, 3.8) is 0 Å². The fourth-order valence-corrected chi connectivity index (χ4v) is 13.8. The van der Waals surface area contributed by atoms with Crippen LogP contribution in [-0.2, 0) is 35.6 Å². The number of rotatable bonds is 7. The van der Waals surface area contributed by atoms with Crippen molar-refractivity contribution in [2.45, 2.75) is 12.4 Å². The predicted octanol–water partition coefficient (Wildman–Crippen LogP) is 8.37.